The van der Waals surface area contributed by atoms with Crippen LogP contribution in [0.15, 0.2) is 0 Å². The fourth-order valence-corrected chi connectivity index (χ4v) is 3.86. The van der Waals surface area contributed by atoms with Gasteiger partial charge in [-0.1, -0.05) is 78.1 Å². The van der Waals surface area contributed by atoms with E-state index in [1.807, 2.05) is 0 Å². The standard InChI is InChI=1S/C20H42N2/c1-4-6-8-10-12-14-20(3,15-13-11-9-7-5-2)22-18-16-21-17-19-22/h21H,4-19H2,1-3H3. The van der Waals surface area contributed by atoms with Crippen molar-refractivity contribution in [2.75, 3.05) is 26.2 Å². The van der Waals surface area contributed by atoms with Crippen LogP contribution in [0, 0.1) is 0 Å². The summed E-state index contributed by atoms with van der Waals surface area (Å²) in [6.45, 7) is 12.0. The molecule has 1 aliphatic rings. The van der Waals surface area contributed by atoms with Gasteiger partial charge in [0, 0.05) is 31.7 Å². The van der Waals surface area contributed by atoms with Crippen molar-refractivity contribution >= 4 is 0 Å². The monoisotopic (exact) mass is 310 g/mol. The van der Waals surface area contributed by atoms with Gasteiger partial charge in [0.1, 0.15) is 0 Å². The van der Waals surface area contributed by atoms with Crippen LogP contribution < -0.4 is 5.32 Å². The van der Waals surface area contributed by atoms with Crippen molar-refractivity contribution in [3.63, 3.8) is 0 Å². The first-order valence-electron chi connectivity index (χ1n) is 10.2. The van der Waals surface area contributed by atoms with E-state index in [-0.39, 0.29) is 0 Å². The Labute approximate surface area is 140 Å². The van der Waals surface area contributed by atoms with Gasteiger partial charge in [0.2, 0.25) is 0 Å². The quantitative estimate of drug-likeness (QED) is 0.460. The van der Waals surface area contributed by atoms with E-state index in [4.69, 9.17) is 0 Å². The summed E-state index contributed by atoms with van der Waals surface area (Å²) in [5.74, 6) is 0. The lowest BCUT2D eigenvalue weighted by Crippen LogP contribution is -2.54. The molecule has 0 spiro atoms. The van der Waals surface area contributed by atoms with Crippen molar-refractivity contribution in [1.29, 1.82) is 0 Å². The van der Waals surface area contributed by atoms with Crippen molar-refractivity contribution in [1.82, 2.24) is 10.2 Å². The summed E-state index contributed by atoms with van der Waals surface area (Å²) < 4.78 is 0. The van der Waals surface area contributed by atoms with Crippen molar-refractivity contribution in [3.05, 3.63) is 0 Å². The molecule has 0 unspecified atom stereocenters. The van der Waals surface area contributed by atoms with E-state index in [0.717, 1.165) is 0 Å². The van der Waals surface area contributed by atoms with Crippen LogP contribution in [0.3, 0.4) is 0 Å². The molecular weight excluding hydrogens is 268 g/mol. The van der Waals surface area contributed by atoms with Crippen LogP contribution in [0.2, 0.25) is 0 Å². The first kappa shape index (κ1) is 20.0. The molecule has 22 heavy (non-hydrogen) atoms. The number of hydrogen-bond donors (Lipinski definition) is 1. The third kappa shape index (κ3) is 7.97. The lowest BCUT2D eigenvalue weighted by molar-refractivity contribution is 0.0672. The minimum atomic E-state index is 0.459. The Kier molecular flexibility index (Phi) is 11.2. The Hall–Kier alpha value is -0.0800. The van der Waals surface area contributed by atoms with Crippen LogP contribution in [0.5, 0.6) is 0 Å². The fourth-order valence-electron chi connectivity index (χ4n) is 3.86. The van der Waals surface area contributed by atoms with E-state index in [1.54, 1.807) is 0 Å². The average molecular weight is 311 g/mol. The van der Waals surface area contributed by atoms with Crippen LogP contribution in [0.25, 0.3) is 0 Å². The zero-order chi connectivity index (χ0) is 16.1. The van der Waals surface area contributed by atoms with E-state index in [1.165, 1.54) is 103 Å². The molecule has 0 saturated carbocycles. The first-order valence-corrected chi connectivity index (χ1v) is 10.2. The highest BCUT2D eigenvalue weighted by atomic mass is 15.2. The highest BCUT2D eigenvalue weighted by molar-refractivity contribution is 4.88. The second-order valence-electron chi connectivity index (χ2n) is 7.56. The van der Waals surface area contributed by atoms with Crippen molar-refractivity contribution in [2.45, 2.75) is 103 Å². The molecule has 0 aromatic heterocycles. The molecule has 132 valence electrons. The topological polar surface area (TPSA) is 15.3 Å². The predicted octanol–water partition coefficient (Wildman–Crippen LogP) is 5.37. The van der Waals surface area contributed by atoms with Gasteiger partial charge in [0.15, 0.2) is 0 Å². The highest BCUT2D eigenvalue weighted by Gasteiger charge is 2.31. The molecule has 0 aromatic carbocycles. The van der Waals surface area contributed by atoms with Gasteiger partial charge < -0.3 is 5.32 Å². The molecule has 1 rings (SSSR count). The third-order valence-electron chi connectivity index (χ3n) is 5.52. The maximum absolute atomic E-state index is 3.51. The molecule has 1 aliphatic heterocycles. The van der Waals surface area contributed by atoms with Gasteiger partial charge in [-0.3, -0.25) is 4.90 Å². The van der Waals surface area contributed by atoms with Crippen LogP contribution in [0.4, 0.5) is 0 Å². The highest BCUT2D eigenvalue weighted by Crippen LogP contribution is 2.29. The van der Waals surface area contributed by atoms with Crippen molar-refractivity contribution < 1.29 is 0 Å². The maximum Gasteiger partial charge on any atom is 0.0182 e. The molecule has 0 atom stereocenters. The second-order valence-corrected chi connectivity index (χ2v) is 7.56. The van der Waals surface area contributed by atoms with Crippen molar-refractivity contribution in [3.8, 4) is 0 Å². The molecule has 1 N–H and O–H groups in total. The van der Waals surface area contributed by atoms with Gasteiger partial charge in [-0.2, -0.15) is 0 Å². The smallest absolute Gasteiger partial charge is 0.0182 e. The lowest BCUT2D eigenvalue weighted by atomic mass is 9.85. The second kappa shape index (κ2) is 12.4. The number of piperazine rings is 1. The van der Waals surface area contributed by atoms with Crippen LogP contribution in [0.1, 0.15) is 97.8 Å². The third-order valence-corrected chi connectivity index (χ3v) is 5.52. The minimum absolute atomic E-state index is 0.459. The maximum atomic E-state index is 3.51. The normalized spacial score (nSPS) is 17.0. The molecule has 0 aromatic rings. The molecule has 2 nitrogen and oxygen atoms in total. The molecule has 0 bridgehead atoms. The lowest BCUT2D eigenvalue weighted by Gasteiger charge is -2.44. The molecule has 0 aliphatic carbocycles. The van der Waals surface area contributed by atoms with Crippen molar-refractivity contribution in [2.24, 2.45) is 0 Å². The zero-order valence-electron chi connectivity index (χ0n) is 15.8. The Morgan fingerprint density at radius 3 is 1.64 bits per heavy atom. The van der Waals surface area contributed by atoms with Crippen LogP contribution >= 0.6 is 0 Å². The average Bonchev–Trinajstić information content (AvgIpc) is 2.55. The van der Waals surface area contributed by atoms with Gasteiger partial charge in [-0.05, 0) is 19.8 Å². The number of rotatable bonds is 13. The van der Waals surface area contributed by atoms with Crippen LogP contribution in [-0.4, -0.2) is 36.6 Å². The Morgan fingerprint density at radius 2 is 1.18 bits per heavy atom. The molecular formula is C20H42N2. The molecule has 0 radical (unpaired) electrons. The number of nitrogens with one attached hydrogen (secondary N) is 1. The Morgan fingerprint density at radius 1 is 0.727 bits per heavy atom. The van der Waals surface area contributed by atoms with Gasteiger partial charge in [0.05, 0.1) is 0 Å². The summed E-state index contributed by atoms with van der Waals surface area (Å²) in [7, 11) is 0. The van der Waals surface area contributed by atoms with Gasteiger partial charge in [0.25, 0.3) is 0 Å². The Bertz CT molecular complexity index is 232. The van der Waals surface area contributed by atoms with E-state index >= 15 is 0 Å². The Balaban J connectivity index is 2.37. The van der Waals surface area contributed by atoms with E-state index < -0.39 is 0 Å². The van der Waals surface area contributed by atoms with Crippen LogP contribution in [-0.2, 0) is 0 Å². The number of nitrogens with zero attached hydrogens (tertiary/aromatic N) is 1. The molecule has 1 fully saturated rings. The van der Waals surface area contributed by atoms with Gasteiger partial charge in [-0.25, -0.2) is 0 Å². The minimum Gasteiger partial charge on any atom is -0.314 e. The number of hydrogen-bond acceptors (Lipinski definition) is 2. The van der Waals surface area contributed by atoms with Gasteiger partial charge in [-0.15, -0.1) is 0 Å². The molecule has 0 amide bonds. The number of unbranched alkanes of at least 4 members (excludes halogenated alkanes) is 8. The largest absolute Gasteiger partial charge is 0.314 e. The molecule has 2 heteroatoms. The summed E-state index contributed by atoms with van der Waals surface area (Å²) in [6, 6.07) is 0. The summed E-state index contributed by atoms with van der Waals surface area (Å²) in [5, 5.41) is 3.51. The zero-order valence-corrected chi connectivity index (χ0v) is 15.8. The summed E-state index contributed by atoms with van der Waals surface area (Å²) in [5.41, 5.74) is 0.459. The summed E-state index contributed by atoms with van der Waals surface area (Å²) in [6.07, 6.45) is 17.0. The summed E-state index contributed by atoms with van der Waals surface area (Å²) in [4.78, 5) is 2.79. The first-order chi connectivity index (χ1) is 10.7. The van der Waals surface area contributed by atoms with E-state index in [9.17, 15) is 0 Å². The SMILES string of the molecule is CCCCCCCC(C)(CCCCCCC)N1CCNCC1. The molecule has 1 saturated heterocycles. The van der Waals surface area contributed by atoms with E-state index in [0.29, 0.717) is 5.54 Å². The van der Waals surface area contributed by atoms with Gasteiger partial charge >= 0.3 is 0 Å². The van der Waals surface area contributed by atoms with E-state index in [2.05, 4.69) is 31.0 Å². The fraction of sp³-hybridized carbons (Fsp3) is 1.00. The molecule has 1 heterocycles. The summed E-state index contributed by atoms with van der Waals surface area (Å²) >= 11 is 0. The predicted molar refractivity (Wildman–Crippen MR) is 99.6 cm³/mol.